The standard InChI is InChI=1S/C9H17N3O/c1-8(2)6(5-10)7(11)9(3,4)12(8)13/h6-7,13H,11H2,1-4H3/t6-,7+/m1/s1. The van der Waals surface area contributed by atoms with Gasteiger partial charge in [0.1, 0.15) is 0 Å². The van der Waals surface area contributed by atoms with E-state index in [1.54, 1.807) is 0 Å². The molecule has 1 aliphatic rings. The van der Waals surface area contributed by atoms with Crippen molar-refractivity contribution in [2.45, 2.75) is 44.8 Å². The molecule has 0 aromatic rings. The van der Waals surface area contributed by atoms with E-state index in [9.17, 15) is 5.21 Å². The van der Waals surface area contributed by atoms with Crippen molar-refractivity contribution in [1.82, 2.24) is 5.06 Å². The minimum Gasteiger partial charge on any atom is -0.325 e. The summed E-state index contributed by atoms with van der Waals surface area (Å²) in [5, 5.41) is 20.0. The van der Waals surface area contributed by atoms with E-state index in [1.807, 2.05) is 27.7 Å². The first kappa shape index (κ1) is 10.5. The molecule has 0 aliphatic carbocycles. The van der Waals surface area contributed by atoms with Gasteiger partial charge in [-0.2, -0.15) is 10.3 Å². The lowest BCUT2D eigenvalue weighted by molar-refractivity contribution is -0.195. The molecule has 74 valence electrons. The topological polar surface area (TPSA) is 73.3 Å². The lowest BCUT2D eigenvalue weighted by Gasteiger charge is -2.34. The summed E-state index contributed by atoms with van der Waals surface area (Å²) in [7, 11) is 0. The van der Waals surface area contributed by atoms with Crippen LogP contribution in [0.1, 0.15) is 27.7 Å². The fourth-order valence-corrected chi connectivity index (χ4v) is 2.10. The van der Waals surface area contributed by atoms with Crippen LogP contribution in [0.25, 0.3) is 0 Å². The summed E-state index contributed by atoms with van der Waals surface area (Å²) >= 11 is 0. The molecule has 1 rings (SSSR count). The third-order valence-electron chi connectivity index (χ3n) is 3.17. The van der Waals surface area contributed by atoms with Crippen LogP contribution in [0.15, 0.2) is 0 Å². The minimum atomic E-state index is -0.572. The summed E-state index contributed by atoms with van der Waals surface area (Å²) in [5.41, 5.74) is 4.80. The quantitative estimate of drug-likeness (QED) is 0.580. The maximum Gasteiger partial charge on any atom is 0.0834 e. The van der Waals surface area contributed by atoms with Crippen LogP contribution in [0.3, 0.4) is 0 Å². The van der Waals surface area contributed by atoms with Gasteiger partial charge in [-0.1, -0.05) is 0 Å². The summed E-state index contributed by atoms with van der Waals surface area (Å²) in [6.45, 7) is 7.35. The summed E-state index contributed by atoms with van der Waals surface area (Å²) in [6, 6.07) is 1.84. The minimum absolute atomic E-state index is 0.322. The van der Waals surface area contributed by atoms with E-state index in [0.29, 0.717) is 0 Å². The fraction of sp³-hybridized carbons (Fsp3) is 0.889. The van der Waals surface area contributed by atoms with Gasteiger partial charge in [0.15, 0.2) is 0 Å². The van der Waals surface area contributed by atoms with E-state index in [2.05, 4.69) is 6.07 Å². The first-order valence-corrected chi connectivity index (χ1v) is 4.40. The summed E-state index contributed by atoms with van der Waals surface area (Å²) in [5.74, 6) is -0.340. The Kier molecular flexibility index (Phi) is 2.15. The van der Waals surface area contributed by atoms with Crippen LogP contribution in [0.4, 0.5) is 0 Å². The van der Waals surface area contributed by atoms with Crippen molar-refractivity contribution >= 4 is 0 Å². The lowest BCUT2D eigenvalue weighted by Crippen LogP contribution is -2.50. The summed E-state index contributed by atoms with van der Waals surface area (Å²) < 4.78 is 0. The number of hydrogen-bond acceptors (Lipinski definition) is 4. The molecule has 4 nitrogen and oxygen atoms in total. The van der Waals surface area contributed by atoms with Gasteiger partial charge in [0.2, 0.25) is 0 Å². The van der Waals surface area contributed by atoms with Gasteiger partial charge in [-0.05, 0) is 27.7 Å². The molecule has 0 radical (unpaired) electrons. The van der Waals surface area contributed by atoms with Gasteiger partial charge in [0.25, 0.3) is 0 Å². The molecule has 1 fully saturated rings. The van der Waals surface area contributed by atoms with Gasteiger partial charge in [-0.15, -0.1) is 0 Å². The average Bonchev–Trinajstić information content (AvgIpc) is 2.12. The van der Waals surface area contributed by atoms with Crippen LogP contribution >= 0.6 is 0 Å². The zero-order valence-electron chi connectivity index (χ0n) is 8.57. The number of rotatable bonds is 0. The highest BCUT2D eigenvalue weighted by atomic mass is 16.5. The van der Waals surface area contributed by atoms with Gasteiger partial charge in [-0.3, -0.25) is 0 Å². The molecule has 1 heterocycles. The highest BCUT2D eigenvalue weighted by Gasteiger charge is 2.57. The van der Waals surface area contributed by atoms with Crippen molar-refractivity contribution in [3.05, 3.63) is 0 Å². The Hall–Kier alpha value is -0.630. The van der Waals surface area contributed by atoms with Crippen LogP contribution in [-0.2, 0) is 0 Å². The first-order valence-electron chi connectivity index (χ1n) is 4.40. The molecule has 0 spiro atoms. The second-order valence-corrected chi connectivity index (χ2v) is 4.75. The molecule has 1 saturated heterocycles. The Morgan fingerprint density at radius 2 is 1.77 bits per heavy atom. The molecule has 0 amide bonds. The normalized spacial score (nSPS) is 37.3. The molecule has 0 unspecified atom stereocenters. The van der Waals surface area contributed by atoms with Crippen LogP contribution in [0.5, 0.6) is 0 Å². The van der Waals surface area contributed by atoms with E-state index >= 15 is 0 Å². The van der Waals surface area contributed by atoms with Gasteiger partial charge >= 0.3 is 0 Å². The monoisotopic (exact) mass is 183 g/mol. The van der Waals surface area contributed by atoms with Crippen molar-refractivity contribution in [2.24, 2.45) is 11.7 Å². The van der Waals surface area contributed by atoms with Gasteiger partial charge in [0, 0.05) is 6.04 Å². The molecule has 0 bridgehead atoms. The molecular formula is C9H17N3O. The third-order valence-corrected chi connectivity index (χ3v) is 3.17. The average molecular weight is 183 g/mol. The molecule has 2 atom stereocenters. The second kappa shape index (κ2) is 2.68. The fourth-order valence-electron chi connectivity index (χ4n) is 2.10. The molecular weight excluding hydrogens is 166 g/mol. The third kappa shape index (κ3) is 1.16. The van der Waals surface area contributed by atoms with Gasteiger partial charge in [-0.25, -0.2) is 0 Å². The largest absolute Gasteiger partial charge is 0.325 e. The van der Waals surface area contributed by atoms with Crippen LogP contribution < -0.4 is 5.73 Å². The smallest absolute Gasteiger partial charge is 0.0834 e. The van der Waals surface area contributed by atoms with Crippen molar-refractivity contribution in [2.75, 3.05) is 0 Å². The summed E-state index contributed by atoms with van der Waals surface area (Å²) in [6.07, 6.45) is 0. The van der Waals surface area contributed by atoms with E-state index in [4.69, 9.17) is 11.0 Å². The van der Waals surface area contributed by atoms with E-state index in [-0.39, 0.29) is 12.0 Å². The number of hydrogen-bond donors (Lipinski definition) is 2. The molecule has 3 N–H and O–H groups in total. The van der Waals surface area contributed by atoms with Crippen molar-refractivity contribution in [3.63, 3.8) is 0 Å². The van der Waals surface area contributed by atoms with Crippen molar-refractivity contribution in [1.29, 1.82) is 5.26 Å². The predicted molar refractivity (Wildman–Crippen MR) is 48.9 cm³/mol. The molecule has 0 aromatic heterocycles. The Balaban J connectivity index is 3.13. The molecule has 4 heteroatoms. The highest BCUT2D eigenvalue weighted by Crippen LogP contribution is 2.42. The van der Waals surface area contributed by atoms with Crippen LogP contribution in [0.2, 0.25) is 0 Å². The highest BCUT2D eigenvalue weighted by molar-refractivity contribution is 5.17. The van der Waals surface area contributed by atoms with Crippen LogP contribution in [0, 0.1) is 17.2 Å². The lowest BCUT2D eigenvalue weighted by atomic mass is 9.84. The zero-order chi connectivity index (χ0) is 10.4. The number of nitriles is 1. The maximum absolute atomic E-state index is 9.86. The Labute approximate surface area is 78.9 Å². The van der Waals surface area contributed by atoms with E-state index in [0.717, 1.165) is 0 Å². The molecule has 1 aliphatic heterocycles. The van der Waals surface area contributed by atoms with E-state index < -0.39 is 11.1 Å². The molecule has 0 saturated carbocycles. The zero-order valence-corrected chi connectivity index (χ0v) is 8.57. The van der Waals surface area contributed by atoms with E-state index in [1.165, 1.54) is 5.06 Å². The van der Waals surface area contributed by atoms with Crippen LogP contribution in [-0.4, -0.2) is 27.4 Å². The Morgan fingerprint density at radius 1 is 1.31 bits per heavy atom. The summed E-state index contributed by atoms with van der Waals surface area (Å²) in [4.78, 5) is 0. The number of nitrogens with two attached hydrogens (primary N) is 1. The maximum atomic E-state index is 9.86. The Bertz CT molecular complexity index is 254. The Morgan fingerprint density at radius 3 is 1.92 bits per heavy atom. The number of hydroxylamine groups is 2. The predicted octanol–water partition coefficient (Wildman–Crippen LogP) is 0.715. The molecule has 0 aromatic carbocycles. The first-order chi connectivity index (χ1) is 5.76. The van der Waals surface area contributed by atoms with Crippen molar-refractivity contribution < 1.29 is 5.21 Å². The van der Waals surface area contributed by atoms with Crippen molar-refractivity contribution in [3.8, 4) is 6.07 Å². The second-order valence-electron chi connectivity index (χ2n) is 4.75. The molecule has 13 heavy (non-hydrogen) atoms. The number of nitrogens with zero attached hydrogens (tertiary/aromatic N) is 2. The SMILES string of the molecule is CC1(C)[C@H](C#N)[C@H](N)C(C)(C)N1O. The van der Waals surface area contributed by atoms with Gasteiger partial charge in [0.05, 0.1) is 23.1 Å². The van der Waals surface area contributed by atoms with Gasteiger partial charge < -0.3 is 10.9 Å².